The number of unbranched alkanes of at least 4 members (excludes halogenated alkanes) is 2. The van der Waals surface area contributed by atoms with Gasteiger partial charge in [-0.2, -0.15) is 4.37 Å². The van der Waals surface area contributed by atoms with E-state index in [-0.39, 0.29) is 5.91 Å². The van der Waals surface area contributed by atoms with E-state index in [1.807, 2.05) is 0 Å². The van der Waals surface area contributed by atoms with Crippen molar-refractivity contribution >= 4 is 29.2 Å². The minimum Gasteiger partial charge on any atom is -0.294 e. The van der Waals surface area contributed by atoms with Gasteiger partial charge in [0.25, 0.3) is 0 Å². The molecule has 0 atom stereocenters. The lowest BCUT2D eigenvalue weighted by Crippen LogP contribution is -2.29. The van der Waals surface area contributed by atoms with Crippen molar-refractivity contribution < 1.29 is 4.79 Å². The molecule has 0 aliphatic rings. The smallest absolute Gasteiger partial charge is 0.233 e. The number of thioether (sulfide) groups is 1. The van der Waals surface area contributed by atoms with Gasteiger partial charge in [-0.3, -0.25) is 10.2 Å². The van der Waals surface area contributed by atoms with Crippen molar-refractivity contribution in [3.8, 4) is 0 Å². The average molecular weight is 274 g/mol. The molecule has 0 bridgehead atoms. The zero-order valence-corrected chi connectivity index (χ0v) is 11.6. The zero-order chi connectivity index (χ0) is 12.5. The largest absolute Gasteiger partial charge is 0.294 e. The highest BCUT2D eigenvalue weighted by molar-refractivity contribution is 8.00. The molecule has 0 unspecified atom stereocenters. The predicted molar refractivity (Wildman–Crippen MR) is 70.8 cm³/mol. The van der Waals surface area contributed by atoms with Crippen molar-refractivity contribution in [2.75, 3.05) is 5.75 Å². The molecule has 1 aromatic rings. The van der Waals surface area contributed by atoms with Crippen molar-refractivity contribution in [2.24, 2.45) is 5.84 Å². The number of aromatic nitrogens is 2. The fraction of sp³-hybridized carbons (Fsp3) is 0.700. The lowest BCUT2D eigenvalue weighted by Gasteiger charge is -1.99. The third-order valence-electron chi connectivity index (χ3n) is 2.20. The van der Waals surface area contributed by atoms with E-state index in [4.69, 9.17) is 5.84 Å². The number of nitrogens with two attached hydrogens (primary N) is 1. The van der Waals surface area contributed by atoms with Gasteiger partial charge < -0.3 is 0 Å². The molecule has 0 radical (unpaired) electrons. The molecule has 7 heteroatoms. The first kappa shape index (κ1) is 14.4. The molecule has 0 aliphatic carbocycles. The summed E-state index contributed by atoms with van der Waals surface area (Å²) in [6.45, 7) is 2.05. The standard InChI is InChI=1S/C10H18N4OS2/c1-2-8-12-10(17-14-8)16-7-5-3-4-6-9(15)13-11/h2-7,11H2,1H3,(H,13,15). The van der Waals surface area contributed by atoms with Crippen LogP contribution in [0.5, 0.6) is 0 Å². The van der Waals surface area contributed by atoms with Crippen molar-refractivity contribution in [3.63, 3.8) is 0 Å². The van der Waals surface area contributed by atoms with E-state index in [2.05, 4.69) is 21.7 Å². The lowest BCUT2D eigenvalue weighted by atomic mass is 10.2. The summed E-state index contributed by atoms with van der Waals surface area (Å²) < 4.78 is 5.27. The van der Waals surface area contributed by atoms with Gasteiger partial charge in [0.15, 0.2) is 4.34 Å². The molecule has 3 N–H and O–H groups in total. The number of carbonyl (C=O) groups excluding carboxylic acids is 1. The Balaban J connectivity index is 2.02. The van der Waals surface area contributed by atoms with Gasteiger partial charge in [0.05, 0.1) is 0 Å². The summed E-state index contributed by atoms with van der Waals surface area (Å²) >= 11 is 3.21. The van der Waals surface area contributed by atoms with Gasteiger partial charge in [0, 0.05) is 18.6 Å². The summed E-state index contributed by atoms with van der Waals surface area (Å²) in [4.78, 5) is 15.2. The highest BCUT2D eigenvalue weighted by atomic mass is 32.2. The number of rotatable bonds is 8. The molecule has 1 rings (SSSR count). The van der Waals surface area contributed by atoms with Gasteiger partial charge in [-0.25, -0.2) is 10.8 Å². The van der Waals surface area contributed by atoms with Crippen LogP contribution in [-0.4, -0.2) is 21.0 Å². The first-order valence-electron chi connectivity index (χ1n) is 5.71. The summed E-state index contributed by atoms with van der Waals surface area (Å²) in [6, 6.07) is 0. The van der Waals surface area contributed by atoms with Crippen LogP contribution >= 0.6 is 23.3 Å². The maximum absolute atomic E-state index is 10.8. The van der Waals surface area contributed by atoms with Crippen LogP contribution in [0.3, 0.4) is 0 Å². The first-order chi connectivity index (χ1) is 8.26. The lowest BCUT2D eigenvalue weighted by molar-refractivity contribution is -0.121. The maximum Gasteiger partial charge on any atom is 0.233 e. The van der Waals surface area contributed by atoms with Crippen molar-refractivity contribution in [3.05, 3.63) is 5.82 Å². The molecule has 1 amide bonds. The van der Waals surface area contributed by atoms with Gasteiger partial charge >= 0.3 is 0 Å². The quantitative estimate of drug-likeness (QED) is 0.248. The Morgan fingerprint density at radius 3 is 2.94 bits per heavy atom. The van der Waals surface area contributed by atoms with E-state index < -0.39 is 0 Å². The number of hydrogen-bond donors (Lipinski definition) is 2. The van der Waals surface area contributed by atoms with E-state index in [0.717, 1.165) is 41.6 Å². The predicted octanol–water partition coefficient (Wildman–Crippen LogP) is 1.74. The minimum atomic E-state index is -0.0886. The van der Waals surface area contributed by atoms with Gasteiger partial charge in [-0.05, 0) is 24.4 Å². The molecule has 5 nitrogen and oxygen atoms in total. The Hall–Kier alpha value is -0.660. The summed E-state index contributed by atoms with van der Waals surface area (Å²) in [5, 5.41) is 0. The molecule has 17 heavy (non-hydrogen) atoms. The molecule has 0 saturated heterocycles. The molecule has 0 aromatic carbocycles. The van der Waals surface area contributed by atoms with Crippen molar-refractivity contribution in [1.29, 1.82) is 0 Å². The van der Waals surface area contributed by atoms with Crippen molar-refractivity contribution in [1.82, 2.24) is 14.8 Å². The highest BCUT2D eigenvalue weighted by Crippen LogP contribution is 2.21. The molecule has 0 spiro atoms. The molecular weight excluding hydrogens is 256 g/mol. The molecule has 0 fully saturated rings. The Labute approximate surface area is 110 Å². The molecule has 1 heterocycles. The van der Waals surface area contributed by atoms with Crippen molar-refractivity contribution in [2.45, 2.75) is 43.4 Å². The second-order valence-corrected chi connectivity index (χ2v) is 5.65. The van der Waals surface area contributed by atoms with Crippen LogP contribution in [0.2, 0.25) is 0 Å². The Kier molecular flexibility index (Phi) is 7.14. The van der Waals surface area contributed by atoms with Gasteiger partial charge in [0.2, 0.25) is 5.91 Å². The van der Waals surface area contributed by atoms with Gasteiger partial charge in [0.1, 0.15) is 5.82 Å². The fourth-order valence-electron chi connectivity index (χ4n) is 1.24. The number of hydrazine groups is 1. The number of carbonyl (C=O) groups is 1. The second kappa shape index (κ2) is 8.43. The molecular formula is C10H18N4OS2. The Morgan fingerprint density at radius 2 is 2.29 bits per heavy atom. The SMILES string of the molecule is CCc1nsc(SCCCCCC(=O)NN)n1. The monoisotopic (exact) mass is 274 g/mol. The summed E-state index contributed by atoms with van der Waals surface area (Å²) in [5.41, 5.74) is 2.13. The maximum atomic E-state index is 10.8. The fourth-order valence-corrected chi connectivity index (χ4v) is 3.00. The number of amides is 1. The van der Waals surface area contributed by atoms with Crippen LogP contribution in [0.15, 0.2) is 4.34 Å². The second-order valence-electron chi connectivity index (χ2n) is 3.56. The van der Waals surface area contributed by atoms with E-state index in [1.54, 1.807) is 11.8 Å². The van der Waals surface area contributed by atoms with Crippen LogP contribution in [0, 0.1) is 0 Å². The van der Waals surface area contributed by atoms with Crippen LogP contribution < -0.4 is 11.3 Å². The molecule has 1 aromatic heterocycles. The topological polar surface area (TPSA) is 80.9 Å². The van der Waals surface area contributed by atoms with E-state index in [1.165, 1.54) is 11.5 Å². The number of hydrogen-bond acceptors (Lipinski definition) is 6. The average Bonchev–Trinajstić information content (AvgIpc) is 2.81. The minimum absolute atomic E-state index is 0.0886. The van der Waals surface area contributed by atoms with Gasteiger partial charge in [-0.15, -0.1) is 0 Å². The van der Waals surface area contributed by atoms with E-state index in [0.29, 0.717) is 6.42 Å². The third-order valence-corrected chi connectivity index (χ3v) is 4.16. The zero-order valence-electron chi connectivity index (χ0n) is 9.94. The van der Waals surface area contributed by atoms with E-state index >= 15 is 0 Å². The molecule has 0 saturated carbocycles. The number of nitrogens with one attached hydrogen (secondary N) is 1. The normalized spacial score (nSPS) is 10.5. The molecule has 96 valence electrons. The van der Waals surface area contributed by atoms with Crippen LogP contribution in [-0.2, 0) is 11.2 Å². The van der Waals surface area contributed by atoms with Gasteiger partial charge in [-0.1, -0.05) is 25.1 Å². The first-order valence-corrected chi connectivity index (χ1v) is 7.47. The Morgan fingerprint density at radius 1 is 1.47 bits per heavy atom. The summed E-state index contributed by atoms with van der Waals surface area (Å²) in [6.07, 6.45) is 4.43. The number of aryl methyl sites for hydroxylation is 1. The van der Waals surface area contributed by atoms with Crippen LogP contribution in [0.4, 0.5) is 0 Å². The Bertz CT molecular complexity index is 343. The third kappa shape index (κ3) is 5.99. The summed E-state index contributed by atoms with van der Waals surface area (Å²) in [7, 11) is 0. The number of nitrogens with zero attached hydrogens (tertiary/aromatic N) is 2. The van der Waals surface area contributed by atoms with E-state index in [9.17, 15) is 4.79 Å². The molecule has 0 aliphatic heterocycles. The van der Waals surface area contributed by atoms with Crippen LogP contribution in [0.25, 0.3) is 0 Å². The highest BCUT2D eigenvalue weighted by Gasteiger charge is 2.02. The van der Waals surface area contributed by atoms with Crippen LogP contribution in [0.1, 0.15) is 38.4 Å². The summed E-state index contributed by atoms with van der Waals surface area (Å²) in [5.74, 6) is 6.86.